The summed E-state index contributed by atoms with van der Waals surface area (Å²) in [4.78, 5) is 52.1. The Balaban J connectivity index is 1.67. The number of aliphatic carboxylic acids is 1. The van der Waals surface area contributed by atoms with Gasteiger partial charge in [-0.25, -0.2) is 4.79 Å². The molecule has 0 spiro atoms. The van der Waals surface area contributed by atoms with Gasteiger partial charge in [0.1, 0.15) is 17.4 Å². The number of hydrogen-bond donors (Lipinski definition) is 4. The Hall–Kier alpha value is -3.43. The van der Waals surface area contributed by atoms with Gasteiger partial charge in [-0.2, -0.15) is 0 Å². The van der Waals surface area contributed by atoms with Crippen molar-refractivity contribution >= 4 is 52.1 Å². The number of benzene rings is 1. The number of carbonyl (C=O) groups is 2. The first-order valence-electron chi connectivity index (χ1n) is 10.8. The van der Waals surface area contributed by atoms with E-state index in [-0.39, 0.29) is 33.4 Å². The summed E-state index contributed by atoms with van der Waals surface area (Å²) >= 11 is 12.0. The van der Waals surface area contributed by atoms with E-state index < -0.39 is 28.8 Å². The third kappa shape index (κ3) is 6.37. The quantitative estimate of drug-likeness (QED) is 0.281. The van der Waals surface area contributed by atoms with E-state index in [4.69, 9.17) is 23.2 Å². The standard InChI is InChI=1S/C24H24Cl2N4O5/c1-12(2)7-8-28-19-20(22(32)21(19)31)30-17(24(34)35)9-13-3-5-14(6-4-13)29-23(33)18-15(25)10-27-11-16(18)26/h3-6,10-12,17,28,30H,7-9H2,1-2H3,(H,29,33)(H,34,35)/t17-/m0/s1. The average molecular weight is 519 g/mol. The molecule has 3 aromatic rings. The zero-order chi connectivity index (χ0) is 25.7. The molecule has 2 aromatic carbocycles. The average Bonchev–Trinajstić information content (AvgIpc) is 2.80. The van der Waals surface area contributed by atoms with Gasteiger partial charge in [0.05, 0.1) is 15.6 Å². The van der Waals surface area contributed by atoms with Crippen molar-refractivity contribution in [3.63, 3.8) is 0 Å². The van der Waals surface area contributed by atoms with E-state index in [2.05, 4.69) is 20.9 Å². The summed E-state index contributed by atoms with van der Waals surface area (Å²) in [6.07, 6.45) is 3.45. The van der Waals surface area contributed by atoms with E-state index in [1.165, 1.54) is 12.4 Å². The van der Waals surface area contributed by atoms with Gasteiger partial charge >= 0.3 is 5.97 Å². The molecule has 0 unspecified atom stereocenters. The summed E-state index contributed by atoms with van der Waals surface area (Å²) in [5, 5.41) is 18.2. The lowest BCUT2D eigenvalue weighted by Crippen LogP contribution is -2.42. The second-order valence-corrected chi connectivity index (χ2v) is 9.20. The lowest BCUT2D eigenvalue weighted by atomic mass is 10.0. The van der Waals surface area contributed by atoms with Gasteiger partial charge in [0.15, 0.2) is 0 Å². The fourth-order valence-electron chi connectivity index (χ4n) is 3.34. The lowest BCUT2D eigenvalue weighted by molar-refractivity contribution is -0.137. The lowest BCUT2D eigenvalue weighted by Gasteiger charge is -2.20. The second kappa shape index (κ2) is 11.3. The Morgan fingerprint density at radius 3 is 2.17 bits per heavy atom. The number of nitrogens with zero attached hydrogens (tertiary/aromatic N) is 1. The SMILES string of the molecule is CC(C)CCNc1c(N[C@@H](Cc2ccc(NC(=O)c3c(Cl)cncc3Cl)cc2)C(=O)O)c(=O)c1=O. The molecular formula is C24H24Cl2N4O5. The van der Waals surface area contributed by atoms with E-state index >= 15 is 0 Å². The van der Waals surface area contributed by atoms with Crippen molar-refractivity contribution in [2.24, 2.45) is 5.92 Å². The van der Waals surface area contributed by atoms with Crippen LogP contribution in [0.25, 0.3) is 0 Å². The fourth-order valence-corrected chi connectivity index (χ4v) is 3.88. The van der Waals surface area contributed by atoms with Crippen LogP contribution in [0.3, 0.4) is 0 Å². The molecule has 9 nitrogen and oxygen atoms in total. The van der Waals surface area contributed by atoms with Crippen LogP contribution in [-0.4, -0.2) is 34.6 Å². The highest BCUT2D eigenvalue weighted by Crippen LogP contribution is 2.24. The van der Waals surface area contributed by atoms with Gasteiger partial charge in [0.25, 0.3) is 16.8 Å². The zero-order valence-corrected chi connectivity index (χ0v) is 20.5. The molecule has 0 aliphatic heterocycles. The number of rotatable bonds is 11. The molecule has 0 aliphatic carbocycles. The van der Waals surface area contributed by atoms with Gasteiger partial charge in [-0.3, -0.25) is 19.4 Å². The van der Waals surface area contributed by atoms with Crippen molar-refractivity contribution < 1.29 is 14.7 Å². The predicted molar refractivity (Wildman–Crippen MR) is 137 cm³/mol. The maximum Gasteiger partial charge on any atom is 0.326 e. The van der Waals surface area contributed by atoms with Gasteiger partial charge < -0.3 is 21.1 Å². The number of hydrogen-bond acceptors (Lipinski definition) is 7. The number of carboxylic acid groups (broad SMARTS) is 1. The zero-order valence-electron chi connectivity index (χ0n) is 19.0. The maximum atomic E-state index is 12.5. The molecular weight excluding hydrogens is 495 g/mol. The summed E-state index contributed by atoms with van der Waals surface area (Å²) < 4.78 is 0. The highest BCUT2D eigenvalue weighted by atomic mass is 35.5. The first-order valence-corrected chi connectivity index (χ1v) is 11.6. The number of anilines is 3. The molecule has 11 heteroatoms. The largest absolute Gasteiger partial charge is 0.480 e. The molecule has 35 heavy (non-hydrogen) atoms. The van der Waals surface area contributed by atoms with Crippen LogP contribution in [0.1, 0.15) is 36.2 Å². The predicted octanol–water partition coefficient (Wildman–Crippen LogP) is 3.80. The van der Waals surface area contributed by atoms with Crippen LogP contribution >= 0.6 is 23.2 Å². The summed E-state index contributed by atoms with van der Waals surface area (Å²) in [6, 6.07) is 5.36. The van der Waals surface area contributed by atoms with Gasteiger partial charge in [-0.1, -0.05) is 49.2 Å². The summed E-state index contributed by atoms with van der Waals surface area (Å²) in [6.45, 7) is 4.56. The van der Waals surface area contributed by atoms with Crippen LogP contribution in [0, 0.1) is 5.92 Å². The molecule has 0 radical (unpaired) electrons. The van der Waals surface area contributed by atoms with E-state index in [0.717, 1.165) is 6.42 Å². The topological polar surface area (TPSA) is 137 Å². The highest BCUT2D eigenvalue weighted by molar-refractivity contribution is 6.40. The van der Waals surface area contributed by atoms with Crippen LogP contribution in [0.5, 0.6) is 0 Å². The second-order valence-electron chi connectivity index (χ2n) is 8.39. The molecule has 184 valence electrons. The van der Waals surface area contributed by atoms with E-state index in [0.29, 0.717) is 23.7 Å². The van der Waals surface area contributed by atoms with Crippen LogP contribution in [0.4, 0.5) is 17.1 Å². The van der Waals surface area contributed by atoms with Crippen molar-refractivity contribution in [2.45, 2.75) is 32.7 Å². The van der Waals surface area contributed by atoms with Crippen molar-refractivity contribution in [2.75, 3.05) is 22.5 Å². The molecule has 0 saturated heterocycles. The van der Waals surface area contributed by atoms with Gasteiger partial charge in [0.2, 0.25) is 0 Å². The molecule has 3 rings (SSSR count). The molecule has 1 heterocycles. The van der Waals surface area contributed by atoms with Crippen LogP contribution in [-0.2, 0) is 11.2 Å². The molecule has 0 bridgehead atoms. The Bertz CT molecular complexity index is 1280. The van der Waals surface area contributed by atoms with Crippen molar-refractivity contribution in [3.8, 4) is 0 Å². The number of amides is 1. The van der Waals surface area contributed by atoms with Gasteiger partial charge in [0, 0.05) is 31.0 Å². The Morgan fingerprint density at radius 2 is 1.60 bits per heavy atom. The number of pyridine rings is 1. The Morgan fingerprint density at radius 1 is 1.00 bits per heavy atom. The smallest absolute Gasteiger partial charge is 0.326 e. The molecule has 0 saturated carbocycles. The monoisotopic (exact) mass is 518 g/mol. The van der Waals surface area contributed by atoms with Gasteiger partial charge in [-0.05, 0) is 30.0 Å². The molecule has 1 aromatic heterocycles. The first-order chi connectivity index (χ1) is 16.6. The third-order valence-electron chi connectivity index (χ3n) is 5.28. The van der Waals surface area contributed by atoms with E-state index in [1.807, 2.05) is 13.8 Å². The van der Waals surface area contributed by atoms with E-state index in [9.17, 15) is 24.3 Å². The van der Waals surface area contributed by atoms with Gasteiger partial charge in [-0.15, -0.1) is 0 Å². The summed E-state index contributed by atoms with van der Waals surface area (Å²) in [7, 11) is 0. The van der Waals surface area contributed by atoms with Crippen LogP contribution in [0.2, 0.25) is 10.0 Å². The minimum atomic E-state index is -1.18. The normalized spacial score (nSPS) is 11.9. The number of carboxylic acids is 1. The van der Waals surface area contributed by atoms with Crippen molar-refractivity contribution in [1.82, 2.24) is 4.98 Å². The molecule has 0 fully saturated rings. The van der Waals surface area contributed by atoms with Crippen LogP contribution in [0.15, 0.2) is 46.2 Å². The highest BCUT2D eigenvalue weighted by Gasteiger charge is 2.26. The number of nitrogens with one attached hydrogen (secondary N) is 3. The fraction of sp³-hybridized carbons (Fsp3) is 0.292. The maximum absolute atomic E-state index is 12.5. The van der Waals surface area contributed by atoms with Crippen molar-refractivity contribution in [3.05, 3.63) is 78.3 Å². The molecule has 1 atom stereocenters. The number of aromatic nitrogens is 1. The van der Waals surface area contributed by atoms with Crippen LogP contribution < -0.4 is 26.8 Å². The molecule has 0 aliphatic rings. The number of carbonyl (C=O) groups excluding carboxylic acids is 1. The van der Waals surface area contributed by atoms with Crippen molar-refractivity contribution in [1.29, 1.82) is 0 Å². The molecule has 4 N–H and O–H groups in total. The first kappa shape index (κ1) is 26.2. The number of halogens is 2. The Kier molecular flexibility index (Phi) is 8.48. The molecule has 1 amide bonds. The summed E-state index contributed by atoms with van der Waals surface area (Å²) in [5.74, 6) is -1.29. The Labute approximate surface area is 211 Å². The minimum absolute atomic E-state index is 0.0128. The third-order valence-corrected chi connectivity index (χ3v) is 5.86. The minimum Gasteiger partial charge on any atom is -0.480 e. The van der Waals surface area contributed by atoms with E-state index in [1.54, 1.807) is 24.3 Å². The summed E-state index contributed by atoms with van der Waals surface area (Å²) in [5.41, 5.74) is -0.120.